The third kappa shape index (κ3) is 2.41. The van der Waals surface area contributed by atoms with E-state index in [0.29, 0.717) is 11.7 Å². The van der Waals surface area contributed by atoms with Crippen LogP contribution in [0.1, 0.15) is 11.7 Å². The maximum atomic E-state index is 5.17. The molecule has 0 saturated carbocycles. The summed E-state index contributed by atoms with van der Waals surface area (Å²) in [4.78, 5) is 4.02. The Balaban J connectivity index is 2.30. The SMILES string of the molecule is C=CCN1C(=S)N=NC1c1cccc(N(C)C)c1. The summed E-state index contributed by atoms with van der Waals surface area (Å²) in [6, 6.07) is 8.23. The van der Waals surface area contributed by atoms with Crippen LogP contribution in [0.2, 0.25) is 0 Å². The molecule has 0 spiro atoms. The van der Waals surface area contributed by atoms with Crippen LogP contribution in [0.4, 0.5) is 5.69 Å². The maximum Gasteiger partial charge on any atom is 0.218 e. The number of hydrogen-bond acceptors (Lipinski definition) is 3. The Morgan fingerprint density at radius 2 is 2.28 bits per heavy atom. The van der Waals surface area contributed by atoms with Gasteiger partial charge in [-0.3, -0.25) is 0 Å². The Bertz CT molecular complexity index is 496. The molecule has 1 atom stereocenters. The van der Waals surface area contributed by atoms with E-state index >= 15 is 0 Å². The Labute approximate surface area is 113 Å². The van der Waals surface area contributed by atoms with Crippen molar-refractivity contribution >= 4 is 23.0 Å². The fourth-order valence-corrected chi connectivity index (χ4v) is 2.08. The minimum absolute atomic E-state index is 0.129. The van der Waals surface area contributed by atoms with Gasteiger partial charge in [-0.15, -0.1) is 11.7 Å². The highest BCUT2D eigenvalue weighted by molar-refractivity contribution is 7.80. The highest BCUT2D eigenvalue weighted by Gasteiger charge is 2.26. The average molecular weight is 260 g/mol. The summed E-state index contributed by atoms with van der Waals surface area (Å²) in [5.41, 5.74) is 2.23. The van der Waals surface area contributed by atoms with E-state index in [1.165, 1.54) is 0 Å². The Morgan fingerprint density at radius 3 is 2.94 bits per heavy atom. The van der Waals surface area contributed by atoms with Gasteiger partial charge >= 0.3 is 0 Å². The van der Waals surface area contributed by atoms with Crippen LogP contribution in [0, 0.1) is 0 Å². The molecule has 0 aromatic heterocycles. The molecule has 94 valence electrons. The second-order valence-corrected chi connectivity index (χ2v) is 4.67. The van der Waals surface area contributed by atoms with Crippen molar-refractivity contribution in [2.75, 3.05) is 25.5 Å². The standard InChI is InChI=1S/C13H16N4S/c1-4-8-17-12(14-15-13(17)18)10-6-5-7-11(9-10)16(2)3/h4-7,9,12H,1,8H2,2-3H3. The molecular weight excluding hydrogens is 244 g/mol. The molecule has 2 rings (SSSR count). The van der Waals surface area contributed by atoms with Gasteiger partial charge in [0.15, 0.2) is 6.17 Å². The predicted octanol–water partition coefficient (Wildman–Crippen LogP) is 2.99. The molecule has 0 amide bonds. The minimum atomic E-state index is -0.129. The summed E-state index contributed by atoms with van der Waals surface area (Å²) in [5.74, 6) is 0. The van der Waals surface area contributed by atoms with Gasteiger partial charge in [0.25, 0.3) is 0 Å². The first-order valence-corrected chi connectivity index (χ1v) is 6.14. The smallest absolute Gasteiger partial charge is 0.218 e. The van der Waals surface area contributed by atoms with Crippen molar-refractivity contribution in [1.29, 1.82) is 0 Å². The van der Waals surface area contributed by atoms with Crippen LogP contribution in [0.3, 0.4) is 0 Å². The van der Waals surface area contributed by atoms with E-state index in [0.717, 1.165) is 11.3 Å². The lowest BCUT2D eigenvalue weighted by Gasteiger charge is -2.22. The van der Waals surface area contributed by atoms with E-state index < -0.39 is 0 Å². The van der Waals surface area contributed by atoms with E-state index in [9.17, 15) is 0 Å². The third-order valence-electron chi connectivity index (χ3n) is 2.80. The summed E-state index contributed by atoms with van der Waals surface area (Å²) in [5, 5.41) is 8.74. The molecule has 0 saturated heterocycles. The monoisotopic (exact) mass is 260 g/mol. The zero-order chi connectivity index (χ0) is 13.1. The summed E-state index contributed by atoms with van der Waals surface area (Å²) >= 11 is 5.17. The van der Waals surface area contributed by atoms with E-state index in [1.807, 2.05) is 37.2 Å². The first-order chi connectivity index (χ1) is 8.63. The first kappa shape index (κ1) is 12.7. The Morgan fingerprint density at radius 1 is 1.50 bits per heavy atom. The molecule has 5 heteroatoms. The van der Waals surface area contributed by atoms with Crippen molar-refractivity contribution < 1.29 is 0 Å². The normalized spacial score (nSPS) is 18.2. The average Bonchev–Trinajstić information content (AvgIpc) is 2.72. The largest absolute Gasteiger partial charge is 0.378 e. The molecule has 4 nitrogen and oxygen atoms in total. The van der Waals surface area contributed by atoms with Crippen molar-refractivity contribution in [3.63, 3.8) is 0 Å². The lowest BCUT2D eigenvalue weighted by Crippen LogP contribution is -2.27. The van der Waals surface area contributed by atoms with Crippen LogP contribution in [0.15, 0.2) is 47.1 Å². The molecule has 0 bridgehead atoms. The van der Waals surface area contributed by atoms with Crippen LogP contribution in [0.5, 0.6) is 0 Å². The summed E-state index contributed by atoms with van der Waals surface area (Å²) in [7, 11) is 4.03. The van der Waals surface area contributed by atoms with Crippen LogP contribution >= 0.6 is 12.2 Å². The number of benzene rings is 1. The quantitative estimate of drug-likeness (QED) is 0.616. The Kier molecular flexibility index (Phi) is 3.72. The molecule has 0 radical (unpaired) electrons. The van der Waals surface area contributed by atoms with Crippen LogP contribution < -0.4 is 4.90 Å². The molecule has 0 aliphatic carbocycles. The molecule has 1 aromatic rings. The number of azo groups is 1. The lowest BCUT2D eigenvalue weighted by atomic mass is 10.1. The molecule has 1 aromatic carbocycles. The number of nitrogens with zero attached hydrogens (tertiary/aromatic N) is 4. The maximum absolute atomic E-state index is 5.17. The number of rotatable bonds is 4. The number of hydrogen-bond donors (Lipinski definition) is 0. The molecule has 0 fully saturated rings. The molecule has 18 heavy (non-hydrogen) atoms. The van der Waals surface area contributed by atoms with Crippen molar-refractivity contribution in [3.05, 3.63) is 42.5 Å². The lowest BCUT2D eigenvalue weighted by molar-refractivity contribution is 0.380. The van der Waals surface area contributed by atoms with Gasteiger partial charge in [0.05, 0.1) is 0 Å². The summed E-state index contributed by atoms with van der Waals surface area (Å²) < 4.78 is 0. The van der Waals surface area contributed by atoms with Gasteiger partial charge in [-0.2, -0.15) is 5.11 Å². The van der Waals surface area contributed by atoms with Crippen molar-refractivity contribution in [2.45, 2.75) is 6.17 Å². The second-order valence-electron chi connectivity index (χ2n) is 4.30. The topological polar surface area (TPSA) is 31.2 Å². The van der Waals surface area contributed by atoms with Crippen molar-refractivity contribution in [2.24, 2.45) is 10.2 Å². The van der Waals surface area contributed by atoms with Gasteiger partial charge in [-0.05, 0) is 24.4 Å². The molecule has 0 N–H and O–H groups in total. The second kappa shape index (κ2) is 5.27. The highest BCUT2D eigenvalue weighted by Crippen LogP contribution is 2.30. The van der Waals surface area contributed by atoms with E-state index in [2.05, 4.69) is 33.8 Å². The zero-order valence-corrected chi connectivity index (χ0v) is 11.4. The van der Waals surface area contributed by atoms with Gasteiger partial charge < -0.3 is 9.80 Å². The summed E-state index contributed by atoms with van der Waals surface area (Å²) in [6.07, 6.45) is 1.68. The van der Waals surface area contributed by atoms with Gasteiger partial charge in [0.1, 0.15) is 0 Å². The third-order valence-corrected chi connectivity index (χ3v) is 3.12. The molecule has 1 heterocycles. The van der Waals surface area contributed by atoms with Crippen molar-refractivity contribution in [3.8, 4) is 0 Å². The van der Waals surface area contributed by atoms with Gasteiger partial charge in [0.2, 0.25) is 5.11 Å². The predicted molar refractivity (Wildman–Crippen MR) is 77.9 cm³/mol. The van der Waals surface area contributed by atoms with E-state index in [-0.39, 0.29) is 6.17 Å². The molecule has 1 aliphatic rings. The summed E-state index contributed by atoms with van der Waals surface area (Å²) in [6.45, 7) is 4.40. The highest BCUT2D eigenvalue weighted by atomic mass is 32.1. The van der Waals surface area contributed by atoms with Gasteiger partial charge in [-0.25, -0.2) is 0 Å². The fraction of sp³-hybridized carbons (Fsp3) is 0.308. The van der Waals surface area contributed by atoms with Crippen LogP contribution in [-0.4, -0.2) is 30.7 Å². The number of thiocarbonyl (C=S) groups is 1. The fourth-order valence-electron chi connectivity index (χ4n) is 1.86. The van der Waals surface area contributed by atoms with Gasteiger partial charge in [0, 0.05) is 31.9 Å². The minimum Gasteiger partial charge on any atom is -0.378 e. The van der Waals surface area contributed by atoms with Crippen molar-refractivity contribution in [1.82, 2.24) is 4.90 Å². The molecule has 1 unspecified atom stereocenters. The first-order valence-electron chi connectivity index (χ1n) is 5.73. The van der Waals surface area contributed by atoms with E-state index in [1.54, 1.807) is 0 Å². The van der Waals surface area contributed by atoms with Gasteiger partial charge in [-0.1, -0.05) is 18.2 Å². The van der Waals surface area contributed by atoms with Crippen LogP contribution in [-0.2, 0) is 0 Å². The molecular formula is C13H16N4S. The van der Waals surface area contributed by atoms with Crippen LogP contribution in [0.25, 0.3) is 0 Å². The van der Waals surface area contributed by atoms with E-state index in [4.69, 9.17) is 12.2 Å². The Hall–Kier alpha value is -1.75. The number of anilines is 1. The molecule has 1 aliphatic heterocycles. The zero-order valence-electron chi connectivity index (χ0n) is 10.6.